The number of halogens is 1. The van der Waals surface area contributed by atoms with Crippen molar-refractivity contribution in [2.24, 2.45) is 0 Å². The van der Waals surface area contributed by atoms with Crippen LogP contribution in [-0.2, 0) is 0 Å². The van der Waals surface area contributed by atoms with Crippen LogP contribution in [0.1, 0.15) is 0 Å². The maximum absolute atomic E-state index is 10.6. The largest absolute Gasteiger partial charge is 0.465 e. The zero-order chi connectivity index (χ0) is 14.8. The van der Waals surface area contributed by atoms with E-state index in [1.165, 1.54) is 0 Å². The van der Waals surface area contributed by atoms with Gasteiger partial charge in [-0.15, -0.1) is 0 Å². The van der Waals surface area contributed by atoms with Gasteiger partial charge >= 0.3 is 6.09 Å². The lowest BCUT2D eigenvalue weighted by molar-refractivity contribution is 0.209. The van der Waals surface area contributed by atoms with E-state index < -0.39 is 6.09 Å². The lowest BCUT2D eigenvalue weighted by atomic mass is 10.0. The van der Waals surface area contributed by atoms with Crippen LogP contribution in [-0.4, -0.2) is 21.2 Å². The number of nitrogens with one attached hydrogen (secondary N) is 1. The van der Waals surface area contributed by atoms with Crippen LogP contribution < -0.4 is 5.32 Å². The van der Waals surface area contributed by atoms with E-state index in [9.17, 15) is 4.79 Å². The second kappa shape index (κ2) is 5.38. The maximum atomic E-state index is 10.6. The molecule has 104 valence electrons. The number of hydrogen-bond acceptors (Lipinski definition) is 3. The van der Waals surface area contributed by atoms with E-state index in [0.717, 1.165) is 21.9 Å². The number of benzene rings is 1. The zero-order valence-corrected chi connectivity index (χ0v) is 11.5. The van der Waals surface area contributed by atoms with Crippen molar-refractivity contribution >= 4 is 34.3 Å². The van der Waals surface area contributed by atoms with Crippen molar-refractivity contribution in [2.45, 2.75) is 0 Å². The molecule has 0 atom stereocenters. The van der Waals surface area contributed by atoms with Crippen LogP contribution >= 0.6 is 11.6 Å². The van der Waals surface area contributed by atoms with Gasteiger partial charge in [-0.2, -0.15) is 0 Å². The van der Waals surface area contributed by atoms with Crippen molar-refractivity contribution in [3.05, 3.63) is 53.9 Å². The fourth-order valence-corrected chi connectivity index (χ4v) is 2.32. The third-order valence-corrected chi connectivity index (χ3v) is 3.34. The van der Waals surface area contributed by atoms with Crippen LogP contribution in [0.5, 0.6) is 0 Å². The Labute approximate surface area is 125 Å². The Morgan fingerprint density at radius 2 is 2.00 bits per heavy atom. The molecule has 0 aliphatic rings. The highest BCUT2D eigenvalue weighted by molar-refractivity contribution is 6.33. The predicted molar refractivity (Wildman–Crippen MR) is 81.6 cm³/mol. The summed E-state index contributed by atoms with van der Waals surface area (Å²) in [5, 5.41) is 13.3. The molecule has 0 saturated carbocycles. The molecule has 0 saturated heterocycles. The lowest BCUT2D eigenvalue weighted by Crippen LogP contribution is -2.08. The summed E-state index contributed by atoms with van der Waals surface area (Å²) in [6.45, 7) is 0. The van der Waals surface area contributed by atoms with Gasteiger partial charge in [0.05, 0.1) is 5.02 Å². The molecule has 0 radical (unpaired) electrons. The molecule has 2 aromatic heterocycles. The molecule has 0 aliphatic carbocycles. The minimum atomic E-state index is -1.14. The van der Waals surface area contributed by atoms with Crippen LogP contribution in [0.15, 0.2) is 48.9 Å². The summed E-state index contributed by atoms with van der Waals surface area (Å²) < 4.78 is 0. The molecule has 1 amide bonds. The number of carbonyl (C=O) groups is 1. The minimum absolute atomic E-state index is 0.296. The molecule has 1 aromatic carbocycles. The molecule has 3 aromatic rings. The average Bonchev–Trinajstić information content (AvgIpc) is 2.47. The molecule has 5 nitrogen and oxygen atoms in total. The third kappa shape index (κ3) is 2.78. The molecular formula is C15H10ClN3O2. The number of hydrogen-bond donors (Lipinski definition) is 2. The van der Waals surface area contributed by atoms with E-state index in [1.54, 1.807) is 24.7 Å². The SMILES string of the molecule is O=C(O)Nc1cc2ccc(-c3ccncc3Cl)cc2cn1. The first-order valence-corrected chi connectivity index (χ1v) is 6.51. The van der Waals surface area contributed by atoms with Crippen LogP contribution in [0.2, 0.25) is 5.02 Å². The van der Waals surface area contributed by atoms with Crippen LogP contribution in [0.25, 0.3) is 21.9 Å². The van der Waals surface area contributed by atoms with Gasteiger partial charge in [-0.1, -0.05) is 23.7 Å². The summed E-state index contributed by atoms with van der Waals surface area (Å²) >= 11 is 6.14. The van der Waals surface area contributed by atoms with Gasteiger partial charge in [0.25, 0.3) is 0 Å². The summed E-state index contributed by atoms with van der Waals surface area (Å²) in [5.41, 5.74) is 1.84. The van der Waals surface area contributed by atoms with E-state index in [4.69, 9.17) is 16.7 Å². The number of pyridine rings is 2. The molecule has 2 N–H and O–H groups in total. The Kier molecular flexibility index (Phi) is 3.41. The van der Waals surface area contributed by atoms with Gasteiger partial charge in [0.1, 0.15) is 5.82 Å². The van der Waals surface area contributed by atoms with Gasteiger partial charge in [-0.25, -0.2) is 9.78 Å². The van der Waals surface area contributed by atoms with Gasteiger partial charge in [-0.3, -0.25) is 10.3 Å². The standard InChI is InChI=1S/C15H10ClN3O2/c16-13-8-17-4-3-12(13)10-2-1-9-6-14(19-15(20)21)18-7-11(9)5-10/h1-8H,(H,18,19)(H,20,21). The highest BCUT2D eigenvalue weighted by atomic mass is 35.5. The van der Waals surface area contributed by atoms with Crippen molar-refractivity contribution < 1.29 is 9.90 Å². The maximum Gasteiger partial charge on any atom is 0.410 e. The van der Waals surface area contributed by atoms with Gasteiger partial charge in [0.2, 0.25) is 0 Å². The van der Waals surface area contributed by atoms with Crippen molar-refractivity contribution in [1.82, 2.24) is 9.97 Å². The number of amides is 1. The Morgan fingerprint density at radius 1 is 1.14 bits per heavy atom. The van der Waals surface area contributed by atoms with Crippen LogP contribution in [0.3, 0.4) is 0 Å². The molecule has 0 unspecified atom stereocenters. The summed E-state index contributed by atoms with van der Waals surface area (Å²) in [5.74, 6) is 0.296. The average molecular weight is 300 g/mol. The molecule has 0 spiro atoms. The smallest absolute Gasteiger partial charge is 0.410 e. The molecule has 0 fully saturated rings. The molecule has 6 heteroatoms. The van der Waals surface area contributed by atoms with E-state index >= 15 is 0 Å². The lowest BCUT2D eigenvalue weighted by Gasteiger charge is -2.07. The molecule has 3 rings (SSSR count). The van der Waals surface area contributed by atoms with Crippen molar-refractivity contribution in [2.75, 3.05) is 5.32 Å². The molecule has 0 bridgehead atoms. The number of nitrogens with zero attached hydrogens (tertiary/aromatic N) is 2. The first kappa shape index (κ1) is 13.3. The molecular weight excluding hydrogens is 290 g/mol. The number of anilines is 1. The van der Waals surface area contributed by atoms with Gasteiger partial charge < -0.3 is 5.11 Å². The van der Waals surface area contributed by atoms with Gasteiger partial charge in [-0.05, 0) is 29.1 Å². The van der Waals surface area contributed by atoms with E-state index in [2.05, 4.69) is 15.3 Å². The van der Waals surface area contributed by atoms with E-state index in [1.807, 2.05) is 24.3 Å². The summed E-state index contributed by atoms with van der Waals surface area (Å²) in [4.78, 5) is 18.6. The second-order valence-electron chi connectivity index (χ2n) is 4.42. The topological polar surface area (TPSA) is 75.1 Å². The second-order valence-corrected chi connectivity index (χ2v) is 4.82. The highest BCUT2D eigenvalue weighted by Crippen LogP contribution is 2.29. The van der Waals surface area contributed by atoms with Crippen LogP contribution in [0, 0.1) is 0 Å². The fraction of sp³-hybridized carbons (Fsp3) is 0. The predicted octanol–water partition coefficient (Wildman–Crippen LogP) is 4.04. The zero-order valence-electron chi connectivity index (χ0n) is 10.7. The quantitative estimate of drug-likeness (QED) is 0.749. The van der Waals surface area contributed by atoms with Crippen molar-refractivity contribution in [1.29, 1.82) is 0 Å². The molecule has 0 aliphatic heterocycles. The Bertz CT molecular complexity index is 836. The normalized spacial score (nSPS) is 10.5. The Balaban J connectivity index is 2.05. The Hall–Kier alpha value is -2.66. The van der Waals surface area contributed by atoms with E-state index in [-0.39, 0.29) is 0 Å². The number of fused-ring (bicyclic) bond motifs is 1. The number of aromatic nitrogens is 2. The highest BCUT2D eigenvalue weighted by Gasteiger charge is 2.06. The minimum Gasteiger partial charge on any atom is -0.465 e. The van der Waals surface area contributed by atoms with Crippen molar-refractivity contribution in [3.8, 4) is 11.1 Å². The number of carboxylic acid groups (broad SMARTS) is 1. The van der Waals surface area contributed by atoms with Gasteiger partial charge in [0, 0.05) is 29.5 Å². The third-order valence-electron chi connectivity index (χ3n) is 3.04. The summed E-state index contributed by atoms with van der Waals surface area (Å²) in [6, 6.07) is 9.30. The number of rotatable bonds is 2. The van der Waals surface area contributed by atoms with Crippen molar-refractivity contribution in [3.63, 3.8) is 0 Å². The van der Waals surface area contributed by atoms with Gasteiger partial charge in [0.15, 0.2) is 0 Å². The molecule has 21 heavy (non-hydrogen) atoms. The Morgan fingerprint density at radius 3 is 2.76 bits per heavy atom. The summed E-state index contributed by atoms with van der Waals surface area (Å²) in [7, 11) is 0. The monoisotopic (exact) mass is 299 g/mol. The fourth-order valence-electron chi connectivity index (χ4n) is 2.10. The first-order chi connectivity index (χ1) is 10.1. The molecule has 2 heterocycles. The van der Waals surface area contributed by atoms with E-state index in [0.29, 0.717) is 10.8 Å². The first-order valence-electron chi connectivity index (χ1n) is 6.13. The van der Waals surface area contributed by atoms with Crippen LogP contribution in [0.4, 0.5) is 10.6 Å². The summed E-state index contributed by atoms with van der Waals surface area (Å²) in [6.07, 6.45) is 3.77.